The lowest BCUT2D eigenvalue weighted by atomic mass is 10.4. The topological polar surface area (TPSA) is 59.1 Å². The zero-order valence-electron chi connectivity index (χ0n) is 8.22. The lowest BCUT2D eigenvalue weighted by Gasteiger charge is -2.06. The molecule has 17 heavy (non-hydrogen) atoms. The van der Waals surface area contributed by atoms with Crippen LogP contribution in [0.2, 0.25) is 9.36 Å². The van der Waals surface area contributed by atoms with Crippen LogP contribution in [0.1, 0.15) is 0 Å². The quantitative estimate of drug-likeness (QED) is 0.947. The van der Waals surface area contributed by atoms with Crippen molar-refractivity contribution in [2.45, 2.75) is 4.21 Å². The Bertz CT molecular complexity index is 640. The van der Waals surface area contributed by atoms with E-state index in [0.717, 1.165) is 11.3 Å². The number of nitrogens with one attached hydrogen (secondary N) is 1. The largest absolute Gasteiger partial charge is 0.277 e. The van der Waals surface area contributed by atoms with Crippen LogP contribution in [-0.2, 0) is 10.0 Å². The molecule has 0 unspecified atom stereocenters. The Hall–Kier alpha value is -0.820. The lowest BCUT2D eigenvalue weighted by molar-refractivity contribution is 0.603. The van der Waals surface area contributed by atoms with Gasteiger partial charge in [0, 0.05) is 12.4 Å². The highest BCUT2D eigenvalue weighted by molar-refractivity contribution is 7.94. The number of anilines is 1. The van der Waals surface area contributed by atoms with E-state index in [1.54, 1.807) is 0 Å². The van der Waals surface area contributed by atoms with Crippen molar-refractivity contribution in [2.24, 2.45) is 0 Å². The highest BCUT2D eigenvalue weighted by Crippen LogP contribution is 2.28. The van der Waals surface area contributed by atoms with E-state index in [0.29, 0.717) is 4.34 Å². The first-order valence-electron chi connectivity index (χ1n) is 4.37. The average molecular weight is 309 g/mol. The van der Waals surface area contributed by atoms with Gasteiger partial charge in [-0.2, -0.15) is 0 Å². The molecule has 2 aromatic rings. The van der Waals surface area contributed by atoms with Crippen LogP contribution in [0.5, 0.6) is 0 Å². The number of thiophene rings is 1. The van der Waals surface area contributed by atoms with E-state index in [1.807, 2.05) is 0 Å². The molecule has 2 rings (SSSR count). The molecule has 8 heteroatoms. The molecule has 0 aliphatic carbocycles. The summed E-state index contributed by atoms with van der Waals surface area (Å²) in [5.41, 5.74) is 0.284. The fraction of sp³-hybridized carbons (Fsp3) is 0. The molecule has 0 amide bonds. The Morgan fingerprint density at radius 2 is 2.00 bits per heavy atom. The van der Waals surface area contributed by atoms with E-state index in [-0.39, 0.29) is 14.9 Å². The Morgan fingerprint density at radius 1 is 1.24 bits per heavy atom. The minimum atomic E-state index is -3.64. The summed E-state index contributed by atoms with van der Waals surface area (Å²) in [6.45, 7) is 0. The third-order valence-electron chi connectivity index (χ3n) is 1.83. The maximum Gasteiger partial charge on any atom is 0.271 e. The lowest BCUT2D eigenvalue weighted by Crippen LogP contribution is -2.11. The molecule has 0 radical (unpaired) electrons. The SMILES string of the molecule is O=S(=O)(Nc1ccncc1Cl)c1ccc(Cl)s1. The van der Waals surface area contributed by atoms with Gasteiger partial charge in [-0.3, -0.25) is 9.71 Å². The maximum absolute atomic E-state index is 11.9. The molecular formula is C9H6Cl2N2O2S2. The number of aromatic nitrogens is 1. The second kappa shape index (κ2) is 4.81. The van der Waals surface area contributed by atoms with Crippen LogP contribution in [-0.4, -0.2) is 13.4 Å². The van der Waals surface area contributed by atoms with Gasteiger partial charge in [0.15, 0.2) is 0 Å². The number of hydrogen-bond acceptors (Lipinski definition) is 4. The molecule has 2 aromatic heterocycles. The molecule has 0 atom stereocenters. The van der Waals surface area contributed by atoms with Gasteiger partial charge in [-0.15, -0.1) is 11.3 Å². The fourth-order valence-electron chi connectivity index (χ4n) is 1.10. The summed E-state index contributed by atoms with van der Waals surface area (Å²) in [6, 6.07) is 4.44. The summed E-state index contributed by atoms with van der Waals surface area (Å²) in [5, 5.41) is 0.235. The summed E-state index contributed by atoms with van der Waals surface area (Å²) in [7, 11) is -3.64. The maximum atomic E-state index is 11.9. The fourth-order valence-corrected chi connectivity index (χ4v) is 3.88. The van der Waals surface area contributed by atoms with Crippen molar-refractivity contribution in [2.75, 3.05) is 4.72 Å². The molecule has 0 aliphatic rings. The molecule has 0 aromatic carbocycles. The Balaban J connectivity index is 2.33. The van der Waals surface area contributed by atoms with Gasteiger partial charge in [-0.25, -0.2) is 8.42 Å². The number of pyridine rings is 1. The number of halogens is 2. The first kappa shape index (κ1) is 12.6. The van der Waals surface area contributed by atoms with Crippen LogP contribution in [0.3, 0.4) is 0 Å². The molecule has 0 aliphatic heterocycles. The Morgan fingerprint density at radius 3 is 2.59 bits per heavy atom. The third kappa shape index (κ3) is 2.90. The number of nitrogens with zero attached hydrogens (tertiary/aromatic N) is 1. The molecule has 0 saturated carbocycles. The molecule has 90 valence electrons. The van der Waals surface area contributed by atoms with Crippen LogP contribution >= 0.6 is 34.5 Å². The Labute approximate surface area is 112 Å². The predicted molar refractivity (Wildman–Crippen MR) is 69.4 cm³/mol. The summed E-state index contributed by atoms with van der Waals surface area (Å²) in [6.07, 6.45) is 2.81. The van der Waals surface area contributed by atoms with Gasteiger partial charge in [0.2, 0.25) is 0 Å². The third-order valence-corrected chi connectivity index (χ3v) is 5.22. The second-order valence-corrected chi connectivity index (χ2v) is 7.05. The van der Waals surface area contributed by atoms with Crippen molar-refractivity contribution < 1.29 is 8.42 Å². The molecule has 0 spiro atoms. The number of sulfonamides is 1. The summed E-state index contributed by atoms with van der Waals surface area (Å²) >= 11 is 12.5. The van der Waals surface area contributed by atoms with E-state index in [2.05, 4.69) is 9.71 Å². The normalized spacial score (nSPS) is 11.4. The van der Waals surface area contributed by atoms with Crippen molar-refractivity contribution in [3.63, 3.8) is 0 Å². The van der Waals surface area contributed by atoms with Gasteiger partial charge in [-0.1, -0.05) is 23.2 Å². The predicted octanol–water partition coefficient (Wildman–Crippen LogP) is 3.25. The van der Waals surface area contributed by atoms with Gasteiger partial charge in [0.25, 0.3) is 10.0 Å². The number of hydrogen-bond donors (Lipinski definition) is 1. The van der Waals surface area contributed by atoms with Gasteiger partial charge >= 0.3 is 0 Å². The zero-order chi connectivity index (χ0) is 12.5. The van der Waals surface area contributed by atoms with E-state index in [9.17, 15) is 8.42 Å². The van der Waals surface area contributed by atoms with Crippen LogP contribution in [0.25, 0.3) is 0 Å². The molecule has 0 bridgehead atoms. The van der Waals surface area contributed by atoms with Crippen molar-refractivity contribution in [1.82, 2.24) is 4.98 Å². The van der Waals surface area contributed by atoms with Gasteiger partial charge < -0.3 is 0 Å². The van der Waals surface area contributed by atoms with Gasteiger partial charge in [-0.05, 0) is 18.2 Å². The van der Waals surface area contributed by atoms with Crippen molar-refractivity contribution >= 4 is 50.2 Å². The minimum absolute atomic E-state index is 0.135. The molecule has 1 N–H and O–H groups in total. The highest BCUT2D eigenvalue weighted by atomic mass is 35.5. The summed E-state index contributed by atoms with van der Waals surface area (Å²) in [5.74, 6) is 0. The first-order valence-corrected chi connectivity index (χ1v) is 7.42. The monoisotopic (exact) mass is 308 g/mol. The van der Waals surface area contributed by atoms with E-state index >= 15 is 0 Å². The van der Waals surface area contributed by atoms with E-state index in [4.69, 9.17) is 23.2 Å². The van der Waals surface area contributed by atoms with Crippen molar-refractivity contribution in [3.8, 4) is 0 Å². The van der Waals surface area contributed by atoms with Gasteiger partial charge in [0.05, 0.1) is 15.0 Å². The first-order chi connectivity index (χ1) is 7.99. The smallest absolute Gasteiger partial charge is 0.271 e. The minimum Gasteiger partial charge on any atom is -0.277 e. The van der Waals surface area contributed by atoms with Crippen molar-refractivity contribution in [3.05, 3.63) is 40.0 Å². The average Bonchev–Trinajstić information content (AvgIpc) is 2.69. The van der Waals surface area contributed by atoms with Crippen molar-refractivity contribution in [1.29, 1.82) is 0 Å². The van der Waals surface area contributed by atoms with Crippen LogP contribution in [0.15, 0.2) is 34.8 Å². The molecule has 0 fully saturated rings. The van der Waals surface area contributed by atoms with Crippen LogP contribution in [0, 0.1) is 0 Å². The molecular weight excluding hydrogens is 303 g/mol. The zero-order valence-corrected chi connectivity index (χ0v) is 11.4. The summed E-state index contributed by atoms with van der Waals surface area (Å²) < 4.78 is 26.8. The molecule has 4 nitrogen and oxygen atoms in total. The van der Waals surface area contributed by atoms with Crippen LogP contribution in [0.4, 0.5) is 5.69 Å². The number of rotatable bonds is 3. The summed E-state index contributed by atoms with van der Waals surface area (Å²) in [4.78, 5) is 3.77. The van der Waals surface area contributed by atoms with Crippen LogP contribution < -0.4 is 4.72 Å². The standard InChI is InChI=1S/C9H6Cl2N2O2S2/c10-6-5-12-4-3-7(6)13-17(14,15)9-2-1-8(11)16-9/h1-5H,(H,12,13). The van der Waals surface area contributed by atoms with E-state index in [1.165, 1.54) is 30.6 Å². The molecule has 0 saturated heterocycles. The molecule has 2 heterocycles. The van der Waals surface area contributed by atoms with Gasteiger partial charge in [0.1, 0.15) is 4.21 Å². The Kier molecular flexibility index (Phi) is 3.58. The van der Waals surface area contributed by atoms with E-state index < -0.39 is 10.0 Å². The highest BCUT2D eigenvalue weighted by Gasteiger charge is 2.17. The second-order valence-electron chi connectivity index (χ2n) is 3.02.